The predicted molar refractivity (Wildman–Crippen MR) is 68.2 cm³/mol. The van der Waals surface area contributed by atoms with E-state index in [2.05, 4.69) is 22.4 Å². The van der Waals surface area contributed by atoms with Gasteiger partial charge in [-0.3, -0.25) is 9.89 Å². The van der Waals surface area contributed by atoms with Crippen molar-refractivity contribution in [2.24, 2.45) is 5.92 Å². The fraction of sp³-hybridized carbons (Fsp3) is 0.692. The zero-order valence-corrected chi connectivity index (χ0v) is 10.9. The molecule has 18 heavy (non-hydrogen) atoms. The quantitative estimate of drug-likeness (QED) is 0.737. The number of hydrogen-bond donors (Lipinski definition) is 3. The molecule has 0 aliphatic heterocycles. The monoisotopic (exact) mass is 251 g/mol. The molecular formula is C13H21N3O2. The number of aliphatic hydroxyl groups excluding tert-OH is 1. The molecule has 0 aromatic carbocycles. The number of hydrogen-bond acceptors (Lipinski definition) is 3. The van der Waals surface area contributed by atoms with Crippen LogP contribution in [0.3, 0.4) is 0 Å². The molecule has 0 saturated heterocycles. The minimum atomic E-state index is -0.182. The zero-order valence-electron chi connectivity index (χ0n) is 10.9. The van der Waals surface area contributed by atoms with Crippen molar-refractivity contribution in [1.82, 2.24) is 15.5 Å². The highest BCUT2D eigenvalue weighted by Gasteiger charge is 2.34. The summed E-state index contributed by atoms with van der Waals surface area (Å²) in [6, 6.07) is 1.93. The molecule has 100 valence electrons. The lowest BCUT2D eigenvalue weighted by Crippen LogP contribution is -2.46. The fourth-order valence-electron chi connectivity index (χ4n) is 2.41. The molecule has 1 aromatic rings. The summed E-state index contributed by atoms with van der Waals surface area (Å²) in [6.45, 7) is 4.07. The van der Waals surface area contributed by atoms with Crippen LogP contribution in [0.25, 0.3) is 0 Å². The molecule has 1 amide bonds. The van der Waals surface area contributed by atoms with Gasteiger partial charge in [0.2, 0.25) is 0 Å². The Balaban J connectivity index is 1.92. The molecule has 5 nitrogen and oxygen atoms in total. The Hall–Kier alpha value is -1.36. The largest absolute Gasteiger partial charge is 0.393 e. The van der Waals surface area contributed by atoms with Crippen molar-refractivity contribution < 1.29 is 9.90 Å². The van der Waals surface area contributed by atoms with E-state index in [1.807, 2.05) is 6.92 Å². The summed E-state index contributed by atoms with van der Waals surface area (Å²) in [4.78, 5) is 12.0. The molecule has 0 radical (unpaired) electrons. The highest BCUT2D eigenvalue weighted by Crippen LogP contribution is 2.31. The van der Waals surface area contributed by atoms with Crippen molar-refractivity contribution in [2.75, 3.05) is 0 Å². The SMILES string of the molecule is CCc1cc(C(=O)N[C@H](CC)C2CC(O)C2)n[nH]1. The highest BCUT2D eigenvalue weighted by molar-refractivity contribution is 5.92. The van der Waals surface area contributed by atoms with Crippen LogP contribution in [0, 0.1) is 5.92 Å². The Kier molecular flexibility index (Phi) is 4.01. The number of carbonyl (C=O) groups excluding carboxylic acids is 1. The van der Waals surface area contributed by atoms with Gasteiger partial charge in [0.1, 0.15) is 5.69 Å². The predicted octanol–water partition coefficient (Wildman–Crippen LogP) is 1.25. The first-order valence-electron chi connectivity index (χ1n) is 6.67. The molecule has 1 aromatic heterocycles. The van der Waals surface area contributed by atoms with Gasteiger partial charge in [0, 0.05) is 11.7 Å². The van der Waals surface area contributed by atoms with Crippen LogP contribution in [-0.2, 0) is 6.42 Å². The Bertz CT molecular complexity index is 410. The van der Waals surface area contributed by atoms with Crippen molar-refractivity contribution in [3.05, 3.63) is 17.5 Å². The lowest BCUT2D eigenvalue weighted by molar-refractivity contribution is 0.0232. The molecule has 1 heterocycles. The number of rotatable bonds is 5. The number of nitrogens with zero attached hydrogens (tertiary/aromatic N) is 1. The van der Waals surface area contributed by atoms with Crippen molar-refractivity contribution >= 4 is 5.91 Å². The topological polar surface area (TPSA) is 78.0 Å². The van der Waals surface area contributed by atoms with Crippen LogP contribution in [0.2, 0.25) is 0 Å². The van der Waals surface area contributed by atoms with Crippen molar-refractivity contribution in [2.45, 2.75) is 51.7 Å². The van der Waals surface area contributed by atoms with Crippen molar-refractivity contribution in [3.8, 4) is 0 Å². The number of H-pyrrole nitrogens is 1. The van der Waals surface area contributed by atoms with Gasteiger partial charge in [-0.25, -0.2) is 0 Å². The van der Waals surface area contributed by atoms with Crippen LogP contribution in [0.1, 0.15) is 49.3 Å². The number of aromatic amines is 1. The second kappa shape index (κ2) is 5.52. The number of carbonyl (C=O) groups is 1. The number of amides is 1. The molecule has 2 rings (SSSR count). The van der Waals surface area contributed by atoms with Gasteiger partial charge in [0.05, 0.1) is 6.10 Å². The molecule has 0 bridgehead atoms. The van der Waals surface area contributed by atoms with E-state index in [0.29, 0.717) is 11.6 Å². The smallest absolute Gasteiger partial charge is 0.272 e. The van der Waals surface area contributed by atoms with E-state index in [1.54, 1.807) is 6.07 Å². The minimum absolute atomic E-state index is 0.126. The summed E-state index contributed by atoms with van der Waals surface area (Å²) in [7, 11) is 0. The molecule has 1 atom stereocenters. The van der Waals surface area contributed by atoms with E-state index < -0.39 is 0 Å². The normalized spacial score (nSPS) is 24.4. The van der Waals surface area contributed by atoms with Crippen LogP contribution in [0.15, 0.2) is 6.07 Å². The summed E-state index contributed by atoms with van der Waals surface area (Å²) in [6.07, 6.45) is 3.12. The molecule has 0 unspecified atom stereocenters. The maximum atomic E-state index is 12.0. The maximum absolute atomic E-state index is 12.0. The average molecular weight is 251 g/mol. The fourth-order valence-corrected chi connectivity index (χ4v) is 2.41. The second-order valence-electron chi connectivity index (χ2n) is 5.01. The number of aliphatic hydroxyl groups is 1. The van der Waals surface area contributed by atoms with E-state index in [4.69, 9.17) is 0 Å². The Morgan fingerprint density at radius 3 is 2.83 bits per heavy atom. The molecule has 1 aliphatic carbocycles. The van der Waals surface area contributed by atoms with Gasteiger partial charge in [-0.05, 0) is 37.7 Å². The molecule has 1 fully saturated rings. The van der Waals surface area contributed by atoms with Gasteiger partial charge < -0.3 is 10.4 Å². The summed E-state index contributed by atoms with van der Waals surface area (Å²) >= 11 is 0. The first-order valence-corrected chi connectivity index (χ1v) is 6.67. The maximum Gasteiger partial charge on any atom is 0.272 e. The van der Waals surface area contributed by atoms with Gasteiger partial charge in [0.15, 0.2) is 0 Å². The van der Waals surface area contributed by atoms with Gasteiger partial charge in [-0.1, -0.05) is 13.8 Å². The van der Waals surface area contributed by atoms with Crippen molar-refractivity contribution in [3.63, 3.8) is 0 Å². The molecule has 5 heteroatoms. The Morgan fingerprint density at radius 1 is 1.61 bits per heavy atom. The van der Waals surface area contributed by atoms with E-state index in [0.717, 1.165) is 31.4 Å². The number of nitrogens with one attached hydrogen (secondary N) is 2. The Labute approximate surface area is 107 Å². The third-order valence-corrected chi connectivity index (χ3v) is 3.72. The zero-order chi connectivity index (χ0) is 13.1. The summed E-state index contributed by atoms with van der Waals surface area (Å²) in [5.74, 6) is 0.276. The van der Waals surface area contributed by atoms with Gasteiger partial charge >= 0.3 is 0 Å². The van der Waals surface area contributed by atoms with Gasteiger partial charge in [-0.2, -0.15) is 5.10 Å². The lowest BCUT2D eigenvalue weighted by atomic mass is 9.76. The Morgan fingerprint density at radius 2 is 2.33 bits per heavy atom. The minimum Gasteiger partial charge on any atom is -0.393 e. The summed E-state index contributed by atoms with van der Waals surface area (Å²) in [5.41, 5.74) is 1.41. The first-order chi connectivity index (χ1) is 8.63. The van der Waals surface area contributed by atoms with Crippen molar-refractivity contribution in [1.29, 1.82) is 0 Å². The first kappa shape index (κ1) is 13.1. The van der Waals surface area contributed by atoms with Crippen LogP contribution < -0.4 is 5.32 Å². The molecule has 3 N–H and O–H groups in total. The van der Waals surface area contributed by atoms with Crippen LogP contribution in [0.5, 0.6) is 0 Å². The molecular weight excluding hydrogens is 230 g/mol. The van der Waals surface area contributed by atoms with Crippen LogP contribution in [0.4, 0.5) is 0 Å². The van der Waals surface area contributed by atoms with E-state index >= 15 is 0 Å². The number of aryl methyl sites for hydroxylation is 1. The van der Waals surface area contributed by atoms with Crippen LogP contribution in [-0.4, -0.2) is 33.4 Å². The summed E-state index contributed by atoms with van der Waals surface area (Å²) in [5, 5.41) is 19.2. The standard InChI is InChI=1S/C13H21N3O2/c1-3-9-7-12(16-15-9)13(18)14-11(4-2)8-5-10(17)6-8/h7-8,10-11,17H,3-6H2,1-2H3,(H,14,18)(H,15,16)/t8?,10?,11-/m1/s1. The molecule has 1 saturated carbocycles. The third-order valence-electron chi connectivity index (χ3n) is 3.72. The van der Waals surface area contributed by atoms with E-state index in [-0.39, 0.29) is 18.1 Å². The van der Waals surface area contributed by atoms with E-state index in [9.17, 15) is 9.90 Å². The molecule has 1 aliphatic rings. The lowest BCUT2D eigenvalue weighted by Gasteiger charge is -2.37. The number of aromatic nitrogens is 2. The second-order valence-corrected chi connectivity index (χ2v) is 5.01. The third kappa shape index (κ3) is 2.72. The van der Waals surface area contributed by atoms with E-state index in [1.165, 1.54) is 0 Å². The van der Waals surface area contributed by atoms with Gasteiger partial charge in [-0.15, -0.1) is 0 Å². The highest BCUT2D eigenvalue weighted by atomic mass is 16.3. The van der Waals surface area contributed by atoms with Gasteiger partial charge in [0.25, 0.3) is 5.91 Å². The molecule has 0 spiro atoms. The van der Waals surface area contributed by atoms with Crippen LogP contribution >= 0.6 is 0 Å². The summed E-state index contributed by atoms with van der Waals surface area (Å²) < 4.78 is 0. The average Bonchev–Trinajstić information content (AvgIpc) is 2.81.